The Morgan fingerprint density at radius 2 is 2.06 bits per heavy atom. The quantitative estimate of drug-likeness (QED) is 0.806. The molecule has 0 unspecified atom stereocenters. The molecule has 0 aromatic heterocycles. The summed E-state index contributed by atoms with van der Waals surface area (Å²) in [7, 11) is 0. The third-order valence-electron chi connectivity index (χ3n) is 3.06. The van der Waals surface area contributed by atoms with Gasteiger partial charge in [0.2, 0.25) is 0 Å². The van der Waals surface area contributed by atoms with Crippen molar-refractivity contribution in [3.05, 3.63) is 29.8 Å². The summed E-state index contributed by atoms with van der Waals surface area (Å²) < 4.78 is 0. The number of halogens is 1. The number of phenolic OH excluding ortho intramolecular Hbond substituents is 1. The molecule has 1 rings (SSSR count). The van der Waals surface area contributed by atoms with Gasteiger partial charge in [-0.25, -0.2) is 0 Å². The Kier molecular flexibility index (Phi) is 5.99. The van der Waals surface area contributed by atoms with Crippen molar-refractivity contribution in [2.24, 2.45) is 0 Å². The molecule has 18 heavy (non-hydrogen) atoms. The number of rotatable bonds is 6. The number of hydrogen-bond acceptors (Lipinski definition) is 2. The fourth-order valence-corrected chi connectivity index (χ4v) is 2.26. The summed E-state index contributed by atoms with van der Waals surface area (Å²) in [6.07, 6.45) is 1.80. The van der Waals surface area contributed by atoms with Crippen LogP contribution >= 0.6 is 11.6 Å². The topological polar surface area (TPSA) is 40.5 Å². The minimum absolute atomic E-state index is 0.0692. The van der Waals surface area contributed by atoms with E-state index in [4.69, 9.17) is 11.6 Å². The smallest absolute Gasteiger partial charge is 0.254 e. The van der Waals surface area contributed by atoms with Gasteiger partial charge in [0.25, 0.3) is 5.91 Å². The van der Waals surface area contributed by atoms with Gasteiger partial charge in [-0.1, -0.05) is 19.9 Å². The average molecular weight is 270 g/mol. The molecule has 0 atom stereocenters. The fourth-order valence-electron chi connectivity index (χ4n) is 2.08. The predicted octanol–water partition coefficient (Wildman–Crippen LogP) is 3.26. The van der Waals surface area contributed by atoms with Crippen LogP contribution in [0.15, 0.2) is 24.3 Å². The third kappa shape index (κ3) is 3.64. The summed E-state index contributed by atoms with van der Waals surface area (Å²) in [6.45, 7) is 4.65. The van der Waals surface area contributed by atoms with Crippen molar-refractivity contribution < 1.29 is 9.90 Å². The molecule has 0 aliphatic rings. The first-order valence-electron chi connectivity index (χ1n) is 6.30. The highest BCUT2D eigenvalue weighted by molar-refractivity contribution is 6.18. The molecule has 0 heterocycles. The van der Waals surface area contributed by atoms with E-state index in [0.29, 0.717) is 18.0 Å². The van der Waals surface area contributed by atoms with E-state index in [-0.39, 0.29) is 17.7 Å². The van der Waals surface area contributed by atoms with Gasteiger partial charge in [-0.2, -0.15) is 0 Å². The predicted molar refractivity (Wildman–Crippen MR) is 74.2 cm³/mol. The molecule has 0 aliphatic heterocycles. The standard InChI is InChI=1S/C14H20ClNO2/c1-3-12(4-2)16(9-8-15)14(18)11-6-5-7-13(17)10-11/h5-7,10,12,17H,3-4,8-9H2,1-2H3. The Labute approximate surface area is 113 Å². The van der Waals surface area contributed by atoms with Crippen LogP contribution in [0.3, 0.4) is 0 Å². The van der Waals surface area contributed by atoms with Gasteiger partial charge in [0.05, 0.1) is 0 Å². The van der Waals surface area contributed by atoms with Gasteiger partial charge in [-0.3, -0.25) is 4.79 Å². The summed E-state index contributed by atoms with van der Waals surface area (Å²) in [5, 5.41) is 9.43. The van der Waals surface area contributed by atoms with E-state index in [1.165, 1.54) is 6.07 Å². The first-order valence-corrected chi connectivity index (χ1v) is 6.83. The summed E-state index contributed by atoms with van der Waals surface area (Å²) in [5.74, 6) is 0.456. The van der Waals surface area contributed by atoms with Gasteiger partial charge in [-0.15, -0.1) is 11.6 Å². The highest BCUT2D eigenvalue weighted by Gasteiger charge is 2.21. The van der Waals surface area contributed by atoms with E-state index >= 15 is 0 Å². The molecule has 3 nitrogen and oxygen atoms in total. The van der Waals surface area contributed by atoms with Crippen molar-refractivity contribution in [2.45, 2.75) is 32.7 Å². The summed E-state index contributed by atoms with van der Waals surface area (Å²) in [6, 6.07) is 6.63. The summed E-state index contributed by atoms with van der Waals surface area (Å²) in [4.78, 5) is 14.2. The molecule has 0 saturated carbocycles. The number of alkyl halides is 1. The number of amides is 1. The molecule has 1 aromatic rings. The lowest BCUT2D eigenvalue weighted by Gasteiger charge is -2.30. The van der Waals surface area contributed by atoms with Crippen molar-refractivity contribution in [2.75, 3.05) is 12.4 Å². The monoisotopic (exact) mass is 269 g/mol. The normalized spacial score (nSPS) is 10.7. The largest absolute Gasteiger partial charge is 0.508 e. The van der Waals surface area contributed by atoms with Gasteiger partial charge >= 0.3 is 0 Å². The van der Waals surface area contributed by atoms with Gasteiger partial charge in [0.15, 0.2) is 0 Å². The maximum Gasteiger partial charge on any atom is 0.254 e. The number of carbonyl (C=O) groups is 1. The van der Waals surface area contributed by atoms with Crippen LogP contribution in [0.5, 0.6) is 5.75 Å². The van der Waals surface area contributed by atoms with E-state index in [1.54, 1.807) is 23.1 Å². The molecule has 1 amide bonds. The zero-order valence-electron chi connectivity index (χ0n) is 10.9. The van der Waals surface area contributed by atoms with Gasteiger partial charge in [0, 0.05) is 24.0 Å². The zero-order chi connectivity index (χ0) is 13.5. The molecule has 100 valence electrons. The van der Waals surface area contributed by atoms with Crippen LogP contribution in [-0.2, 0) is 0 Å². The maximum absolute atomic E-state index is 12.4. The molecule has 4 heteroatoms. The molecular formula is C14H20ClNO2. The summed E-state index contributed by atoms with van der Waals surface area (Å²) in [5.41, 5.74) is 0.506. The highest BCUT2D eigenvalue weighted by Crippen LogP contribution is 2.17. The van der Waals surface area contributed by atoms with Crippen LogP contribution in [0.4, 0.5) is 0 Å². The molecule has 0 bridgehead atoms. The molecule has 0 fully saturated rings. The molecular weight excluding hydrogens is 250 g/mol. The van der Waals surface area contributed by atoms with Crippen molar-refractivity contribution in [1.82, 2.24) is 4.90 Å². The molecule has 0 spiro atoms. The number of nitrogens with zero attached hydrogens (tertiary/aromatic N) is 1. The van der Waals surface area contributed by atoms with E-state index in [9.17, 15) is 9.90 Å². The highest BCUT2D eigenvalue weighted by atomic mass is 35.5. The van der Waals surface area contributed by atoms with Crippen LogP contribution in [-0.4, -0.2) is 34.4 Å². The lowest BCUT2D eigenvalue weighted by Crippen LogP contribution is -2.41. The van der Waals surface area contributed by atoms with Crippen LogP contribution < -0.4 is 0 Å². The second-order valence-electron chi connectivity index (χ2n) is 4.21. The van der Waals surface area contributed by atoms with Gasteiger partial charge in [0.1, 0.15) is 5.75 Å². The molecule has 0 aliphatic carbocycles. The first-order chi connectivity index (χ1) is 8.63. The van der Waals surface area contributed by atoms with Crippen LogP contribution in [0.2, 0.25) is 0 Å². The second-order valence-corrected chi connectivity index (χ2v) is 4.59. The van der Waals surface area contributed by atoms with E-state index < -0.39 is 0 Å². The Hall–Kier alpha value is -1.22. The number of phenols is 1. The zero-order valence-corrected chi connectivity index (χ0v) is 11.7. The second kappa shape index (κ2) is 7.27. The minimum atomic E-state index is -0.0692. The third-order valence-corrected chi connectivity index (χ3v) is 3.23. The lowest BCUT2D eigenvalue weighted by atomic mass is 10.1. The Morgan fingerprint density at radius 1 is 1.39 bits per heavy atom. The fraction of sp³-hybridized carbons (Fsp3) is 0.500. The number of aromatic hydroxyl groups is 1. The Morgan fingerprint density at radius 3 is 2.56 bits per heavy atom. The molecule has 1 aromatic carbocycles. The molecule has 0 radical (unpaired) electrons. The van der Waals surface area contributed by atoms with E-state index in [1.807, 2.05) is 0 Å². The Bertz CT molecular complexity index is 391. The van der Waals surface area contributed by atoms with Crippen molar-refractivity contribution in [3.63, 3.8) is 0 Å². The van der Waals surface area contributed by atoms with Crippen molar-refractivity contribution in [1.29, 1.82) is 0 Å². The molecule has 0 saturated heterocycles. The van der Waals surface area contributed by atoms with Crippen LogP contribution in [0.1, 0.15) is 37.0 Å². The first kappa shape index (κ1) is 14.8. The number of hydrogen-bond donors (Lipinski definition) is 1. The average Bonchev–Trinajstić information content (AvgIpc) is 2.38. The van der Waals surface area contributed by atoms with Crippen LogP contribution in [0, 0.1) is 0 Å². The van der Waals surface area contributed by atoms with Crippen molar-refractivity contribution in [3.8, 4) is 5.75 Å². The maximum atomic E-state index is 12.4. The van der Waals surface area contributed by atoms with E-state index in [2.05, 4.69) is 13.8 Å². The van der Waals surface area contributed by atoms with Crippen molar-refractivity contribution >= 4 is 17.5 Å². The minimum Gasteiger partial charge on any atom is -0.508 e. The van der Waals surface area contributed by atoms with E-state index in [0.717, 1.165) is 12.8 Å². The van der Waals surface area contributed by atoms with Crippen LogP contribution in [0.25, 0.3) is 0 Å². The summed E-state index contributed by atoms with van der Waals surface area (Å²) >= 11 is 5.77. The Balaban J connectivity index is 2.95. The number of carbonyl (C=O) groups excluding carboxylic acids is 1. The molecule has 1 N–H and O–H groups in total. The SMILES string of the molecule is CCC(CC)N(CCCl)C(=O)c1cccc(O)c1. The van der Waals surface area contributed by atoms with Gasteiger partial charge < -0.3 is 10.0 Å². The lowest BCUT2D eigenvalue weighted by molar-refractivity contribution is 0.0681. The van der Waals surface area contributed by atoms with Gasteiger partial charge in [-0.05, 0) is 31.0 Å². The number of benzene rings is 1.